The Balaban J connectivity index is 1.60. The van der Waals surface area contributed by atoms with Crippen LogP contribution in [0.15, 0.2) is 36.5 Å². The molecule has 0 saturated heterocycles. The topological polar surface area (TPSA) is 54.5 Å². The Labute approximate surface area is 142 Å². The molecule has 5 nitrogen and oxygen atoms in total. The summed E-state index contributed by atoms with van der Waals surface area (Å²) >= 11 is 0. The molecule has 0 atom stereocenters. The van der Waals surface area contributed by atoms with Crippen LogP contribution >= 0.6 is 0 Å². The van der Waals surface area contributed by atoms with Gasteiger partial charge in [-0.1, -0.05) is 0 Å². The molecule has 1 amide bonds. The molecule has 0 saturated carbocycles. The average molecular weight is 351 g/mol. The molecule has 1 aliphatic heterocycles. The minimum Gasteiger partial charge on any atom is -0.482 e. The van der Waals surface area contributed by atoms with E-state index in [0.717, 1.165) is 18.0 Å². The Morgan fingerprint density at radius 3 is 2.76 bits per heavy atom. The van der Waals surface area contributed by atoms with Gasteiger partial charge in [0.05, 0.1) is 11.3 Å². The van der Waals surface area contributed by atoms with Crippen molar-refractivity contribution in [3.63, 3.8) is 0 Å². The Hall–Kier alpha value is -2.77. The van der Waals surface area contributed by atoms with E-state index in [1.54, 1.807) is 19.2 Å². The summed E-state index contributed by atoms with van der Waals surface area (Å²) in [5.41, 5.74) is 1.27. The van der Waals surface area contributed by atoms with Gasteiger partial charge in [0.15, 0.2) is 6.61 Å². The summed E-state index contributed by atoms with van der Waals surface area (Å²) in [6, 6.07) is 7.79. The van der Waals surface area contributed by atoms with Gasteiger partial charge >= 0.3 is 6.18 Å². The first-order chi connectivity index (χ1) is 11.8. The van der Waals surface area contributed by atoms with Crippen LogP contribution in [0, 0.1) is 0 Å². The van der Waals surface area contributed by atoms with Crippen LogP contribution in [0.3, 0.4) is 0 Å². The van der Waals surface area contributed by atoms with E-state index in [9.17, 15) is 18.0 Å². The van der Waals surface area contributed by atoms with Crippen LogP contribution < -0.4 is 15.0 Å². The number of fused-ring (bicyclic) bond motifs is 1. The highest BCUT2D eigenvalue weighted by molar-refractivity contribution is 5.97. The zero-order chi connectivity index (χ0) is 18.0. The molecule has 132 valence electrons. The molecule has 1 aliphatic rings. The fourth-order valence-electron chi connectivity index (χ4n) is 2.46. The van der Waals surface area contributed by atoms with E-state index in [1.165, 1.54) is 11.0 Å². The van der Waals surface area contributed by atoms with Crippen molar-refractivity contribution in [1.29, 1.82) is 0 Å². The quantitative estimate of drug-likeness (QED) is 0.920. The molecule has 0 fully saturated rings. The number of halogens is 3. The van der Waals surface area contributed by atoms with Crippen LogP contribution in [-0.2, 0) is 17.4 Å². The minimum absolute atomic E-state index is 0.0237. The van der Waals surface area contributed by atoms with Crippen LogP contribution in [-0.4, -0.2) is 31.1 Å². The maximum Gasteiger partial charge on any atom is 0.417 e. The van der Waals surface area contributed by atoms with Gasteiger partial charge in [-0.05, 0) is 30.3 Å². The number of likely N-dealkylation sites (N-methyl/N-ethyl adjacent to an activating group) is 1. The number of amides is 1. The van der Waals surface area contributed by atoms with Crippen molar-refractivity contribution in [3.8, 4) is 5.75 Å². The second-order valence-corrected chi connectivity index (χ2v) is 5.64. The lowest BCUT2D eigenvalue weighted by atomic mass is 10.2. The number of nitrogens with one attached hydrogen (secondary N) is 1. The van der Waals surface area contributed by atoms with E-state index >= 15 is 0 Å². The lowest BCUT2D eigenvalue weighted by Gasteiger charge is -2.26. The predicted octanol–water partition coefficient (Wildman–Crippen LogP) is 3.11. The third-order valence-electron chi connectivity index (χ3n) is 3.91. The first kappa shape index (κ1) is 17.1. The number of anilines is 2. The van der Waals surface area contributed by atoms with Crippen LogP contribution in [0.25, 0.3) is 0 Å². The zero-order valence-electron chi connectivity index (χ0n) is 13.4. The average Bonchev–Trinajstić information content (AvgIpc) is 2.58. The van der Waals surface area contributed by atoms with Crippen molar-refractivity contribution in [3.05, 3.63) is 47.8 Å². The number of alkyl halides is 3. The third-order valence-corrected chi connectivity index (χ3v) is 3.91. The summed E-state index contributed by atoms with van der Waals surface area (Å²) in [5, 5.41) is 3.17. The number of carbonyl (C=O) groups is 1. The minimum atomic E-state index is -4.38. The molecule has 0 unspecified atom stereocenters. The Kier molecular flexibility index (Phi) is 4.52. The SMILES string of the molecule is CN1C(=O)COc2ccc(NCCc3ccc(C(F)(F)F)cn3)cc21. The number of nitrogens with zero attached hydrogens (tertiary/aromatic N) is 2. The van der Waals surface area contributed by atoms with Gasteiger partial charge in [0.25, 0.3) is 5.91 Å². The van der Waals surface area contributed by atoms with Gasteiger partial charge in [0.1, 0.15) is 5.75 Å². The Bertz CT molecular complexity index is 776. The number of pyridine rings is 1. The van der Waals surface area contributed by atoms with E-state index in [4.69, 9.17) is 4.74 Å². The van der Waals surface area contributed by atoms with Gasteiger partial charge in [-0.25, -0.2) is 0 Å². The van der Waals surface area contributed by atoms with Gasteiger partial charge in [-0.2, -0.15) is 13.2 Å². The molecule has 1 aromatic carbocycles. The van der Waals surface area contributed by atoms with Gasteiger partial charge in [0, 0.05) is 37.6 Å². The molecular weight excluding hydrogens is 335 g/mol. The standard InChI is InChI=1S/C17H16F3N3O2/c1-23-14-8-13(4-5-15(14)25-10-16(23)24)21-7-6-12-3-2-11(9-22-12)17(18,19)20/h2-5,8-9,21H,6-7,10H2,1H3. The number of rotatable bonds is 4. The molecular formula is C17H16F3N3O2. The van der Waals surface area contributed by atoms with E-state index in [2.05, 4.69) is 10.3 Å². The maximum absolute atomic E-state index is 12.5. The maximum atomic E-state index is 12.5. The highest BCUT2D eigenvalue weighted by atomic mass is 19.4. The van der Waals surface area contributed by atoms with Gasteiger partial charge in [-0.3, -0.25) is 9.78 Å². The third kappa shape index (κ3) is 3.84. The second kappa shape index (κ2) is 6.62. The Morgan fingerprint density at radius 1 is 1.28 bits per heavy atom. The first-order valence-electron chi connectivity index (χ1n) is 7.64. The summed E-state index contributed by atoms with van der Waals surface area (Å²) in [6.07, 6.45) is -3.06. The molecule has 3 rings (SSSR count). The highest BCUT2D eigenvalue weighted by Crippen LogP contribution is 2.33. The van der Waals surface area contributed by atoms with Crippen molar-refractivity contribution < 1.29 is 22.7 Å². The van der Waals surface area contributed by atoms with Crippen LogP contribution in [0.5, 0.6) is 5.75 Å². The summed E-state index contributed by atoms with van der Waals surface area (Å²) in [6.45, 7) is 0.519. The molecule has 8 heteroatoms. The molecule has 0 spiro atoms. The van der Waals surface area contributed by atoms with E-state index in [0.29, 0.717) is 30.1 Å². The monoisotopic (exact) mass is 351 g/mol. The number of carbonyl (C=O) groups excluding carboxylic acids is 1. The smallest absolute Gasteiger partial charge is 0.417 e. The molecule has 25 heavy (non-hydrogen) atoms. The zero-order valence-corrected chi connectivity index (χ0v) is 13.4. The highest BCUT2D eigenvalue weighted by Gasteiger charge is 2.30. The van der Waals surface area contributed by atoms with Crippen LogP contribution in [0.1, 0.15) is 11.3 Å². The van der Waals surface area contributed by atoms with Crippen LogP contribution in [0.2, 0.25) is 0 Å². The number of benzene rings is 1. The van der Waals surface area contributed by atoms with E-state index < -0.39 is 11.7 Å². The molecule has 2 aromatic rings. The van der Waals surface area contributed by atoms with E-state index in [-0.39, 0.29) is 12.5 Å². The van der Waals surface area contributed by atoms with Crippen molar-refractivity contribution in [2.24, 2.45) is 0 Å². The lowest BCUT2D eigenvalue weighted by Crippen LogP contribution is -2.35. The Morgan fingerprint density at radius 2 is 2.08 bits per heavy atom. The van der Waals surface area contributed by atoms with Crippen molar-refractivity contribution in [2.45, 2.75) is 12.6 Å². The van der Waals surface area contributed by atoms with E-state index in [1.807, 2.05) is 6.07 Å². The molecule has 0 aliphatic carbocycles. The molecule has 1 aromatic heterocycles. The number of ether oxygens (including phenoxy) is 1. The van der Waals surface area contributed by atoms with Crippen molar-refractivity contribution in [1.82, 2.24) is 4.98 Å². The van der Waals surface area contributed by atoms with Crippen molar-refractivity contribution in [2.75, 3.05) is 30.4 Å². The van der Waals surface area contributed by atoms with Crippen molar-refractivity contribution >= 4 is 17.3 Å². The normalized spacial score (nSPS) is 14.1. The largest absolute Gasteiger partial charge is 0.482 e. The van der Waals surface area contributed by atoms with Crippen LogP contribution in [0.4, 0.5) is 24.5 Å². The summed E-state index contributed by atoms with van der Waals surface area (Å²) in [7, 11) is 1.68. The number of hydrogen-bond donors (Lipinski definition) is 1. The number of hydrogen-bond acceptors (Lipinski definition) is 4. The summed E-state index contributed by atoms with van der Waals surface area (Å²) in [4.78, 5) is 17.0. The predicted molar refractivity (Wildman–Crippen MR) is 86.8 cm³/mol. The molecule has 1 N–H and O–H groups in total. The molecule has 2 heterocycles. The number of aromatic nitrogens is 1. The van der Waals surface area contributed by atoms with Gasteiger partial charge in [-0.15, -0.1) is 0 Å². The fourth-order valence-corrected chi connectivity index (χ4v) is 2.46. The first-order valence-corrected chi connectivity index (χ1v) is 7.64. The lowest BCUT2D eigenvalue weighted by molar-refractivity contribution is -0.137. The summed E-state index contributed by atoms with van der Waals surface area (Å²) < 4.78 is 42.9. The van der Waals surface area contributed by atoms with Gasteiger partial charge in [0.2, 0.25) is 0 Å². The van der Waals surface area contributed by atoms with Gasteiger partial charge < -0.3 is 15.0 Å². The second-order valence-electron chi connectivity index (χ2n) is 5.64. The molecule has 0 radical (unpaired) electrons. The fraction of sp³-hybridized carbons (Fsp3) is 0.294. The summed E-state index contributed by atoms with van der Waals surface area (Å²) in [5.74, 6) is 0.510. The molecule has 0 bridgehead atoms.